The first-order valence-corrected chi connectivity index (χ1v) is 9.35. The molecular weight excluding hydrogens is 373 g/mol. The molecule has 0 saturated carbocycles. The Morgan fingerprint density at radius 2 is 1.83 bits per heavy atom. The number of anilines is 2. The van der Waals surface area contributed by atoms with E-state index in [2.05, 4.69) is 21.6 Å². The molecule has 1 aliphatic rings. The fourth-order valence-corrected chi connectivity index (χ4v) is 3.54. The Labute approximate surface area is 167 Å². The second kappa shape index (κ2) is 8.18. The third-order valence-electron chi connectivity index (χ3n) is 4.96. The summed E-state index contributed by atoms with van der Waals surface area (Å²) in [7, 11) is 0. The van der Waals surface area contributed by atoms with Gasteiger partial charge in [0.2, 0.25) is 0 Å². The van der Waals surface area contributed by atoms with Crippen LogP contribution >= 0.6 is 0 Å². The number of carbonyl (C=O) groups is 2. The van der Waals surface area contributed by atoms with Crippen LogP contribution in [-0.2, 0) is 16.0 Å². The van der Waals surface area contributed by atoms with Gasteiger partial charge in [0.1, 0.15) is 17.6 Å². The van der Waals surface area contributed by atoms with Crippen LogP contribution in [0.2, 0.25) is 0 Å². The summed E-state index contributed by atoms with van der Waals surface area (Å²) in [5.74, 6) is -1.67. The molecule has 0 spiro atoms. The molecule has 2 amide bonds. The van der Waals surface area contributed by atoms with Crippen molar-refractivity contribution in [3.05, 3.63) is 84.1 Å². The van der Waals surface area contributed by atoms with E-state index in [0.717, 1.165) is 18.7 Å². The minimum atomic E-state index is -0.921. The summed E-state index contributed by atoms with van der Waals surface area (Å²) in [4.78, 5) is 26.6. The third kappa shape index (κ3) is 3.99. The van der Waals surface area contributed by atoms with Gasteiger partial charge in [-0.2, -0.15) is 0 Å². The number of para-hydroxylation sites is 2. The molecule has 29 heavy (non-hydrogen) atoms. The molecule has 7 heteroatoms. The fraction of sp³-hybridized carbons (Fsp3) is 0.182. The molecule has 3 aromatic rings. The lowest BCUT2D eigenvalue weighted by molar-refractivity contribution is -0.136. The zero-order valence-electron chi connectivity index (χ0n) is 15.6. The third-order valence-corrected chi connectivity index (χ3v) is 4.96. The Hall–Kier alpha value is -3.61. The van der Waals surface area contributed by atoms with Crippen molar-refractivity contribution < 1.29 is 18.4 Å². The molecule has 2 heterocycles. The molecule has 1 atom stereocenters. The summed E-state index contributed by atoms with van der Waals surface area (Å²) in [5, 5.41) is 4.93. The van der Waals surface area contributed by atoms with Crippen molar-refractivity contribution in [2.45, 2.75) is 12.5 Å². The Bertz CT molecular complexity index is 1020. The number of rotatable bonds is 5. The summed E-state index contributed by atoms with van der Waals surface area (Å²) in [5.41, 5.74) is 2.27. The maximum atomic E-state index is 13.7. The zero-order chi connectivity index (χ0) is 20.2. The van der Waals surface area contributed by atoms with E-state index in [9.17, 15) is 14.0 Å². The number of hydrogen-bond donors (Lipinski definition) is 2. The van der Waals surface area contributed by atoms with E-state index in [1.165, 1.54) is 23.8 Å². The summed E-state index contributed by atoms with van der Waals surface area (Å²) in [6, 6.07) is 17.1. The van der Waals surface area contributed by atoms with Crippen LogP contribution in [0.1, 0.15) is 17.4 Å². The highest BCUT2D eigenvalue weighted by Gasteiger charge is 2.29. The Morgan fingerprint density at radius 1 is 1.03 bits per heavy atom. The Balaban J connectivity index is 1.46. The molecule has 0 bridgehead atoms. The quantitative estimate of drug-likeness (QED) is 0.653. The van der Waals surface area contributed by atoms with E-state index in [1.54, 1.807) is 18.4 Å². The molecule has 0 unspecified atom stereocenters. The van der Waals surface area contributed by atoms with Crippen LogP contribution in [0, 0.1) is 5.82 Å². The van der Waals surface area contributed by atoms with Gasteiger partial charge in [0.25, 0.3) is 0 Å². The SMILES string of the molecule is O=C(NC[C@H](c1ccco1)N1CCc2ccccc21)C(=O)Nc1ccccc1F. The molecule has 148 valence electrons. The lowest BCUT2D eigenvalue weighted by atomic mass is 10.1. The lowest BCUT2D eigenvalue weighted by Crippen LogP contribution is -2.41. The van der Waals surface area contributed by atoms with Gasteiger partial charge in [0, 0.05) is 18.8 Å². The number of furan rings is 1. The number of nitrogens with zero attached hydrogens (tertiary/aromatic N) is 1. The van der Waals surface area contributed by atoms with Crippen LogP contribution in [0.3, 0.4) is 0 Å². The van der Waals surface area contributed by atoms with Gasteiger partial charge >= 0.3 is 11.8 Å². The zero-order valence-corrected chi connectivity index (χ0v) is 15.6. The number of fused-ring (bicyclic) bond motifs is 1. The molecular formula is C22H20FN3O3. The normalized spacial score (nSPS) is 13.6. The predicted molar refractivity (Wildman–Crippen MR) is 107 cm³/mol. The van der Waals surface area contributed by atoms with Crippen molar-refractivity contribution >= 4 is 23.2 Å². The number of hydrogen-bond acceptors (Lipinski definition) is 4. The molecule has 0 radical (unpaired) electrons. The van der Waals surface area contributed by atoms with Crippen LogP contribution in [0.4, 0.5) is 15.8 Å². The Kier molecular flexibility index (Phi) is 5.29. The highest BCUT2D eigenvalue weighted by molar-refractivity contribution is 6.39. The molecule has 2 N–H and O–H groups in total. The molecule has 0 saturated heterocycles. The maximum Gasteiger partial charge on any atom is 0.313 e. The van der Waals surface area contributed by atoms with Gasteiger partial charge in [0.05, 0.1) is 12.0 Å². The van der Waals surface area contributed by atoms with Crippen molar-refractivity contribution in [3.63, 3.8) is 0 Å². The summed E-state index contributed by atoms with van der Waals surface area (Å²) >= 11 is 0. The minimum Gasteiger partial charge on any atom is -0.467 e. The molecule has 0 aliphatic carbocycles. The number of carbonyl (C=O) groups excluding carboxylic acids is 2. The van der Waals surface area contributed by atoms with Gasteiger partial charge in [-0.05, 0) is 42.3 Å². The average Bonchev–Trinajstić information content (AvgIpc) is 3.40. The van der Waals surface area contributed by atoms with Crippen molar-refractivity contribution in [2.24, 2.45) is 0 Å². The maximum absolute atomic E-state index is 13.7. The first-order chi connectivity index (χ1) is 14.1. The number of benzene rings is 2. The largest absolute Gasteiger partial charge is 0.467 e. The first-order valence-electron chi connectivity index (χ1n) is 9.35. The number of halogens is 1. The van der Waals surface area contributed by atoms with Crippen molar-refractivity contribution in [1.29, 1.82) is 0 Å². The van der Waals surface area contributed by atoms with Crippen LogP contribution in [0.15, 0.2) is 71.3 Å². The van der Waals surface area contributed by atoms with E-state index in [0.29, 0.717) is 5.76 Å². The number of nitrogens with one attached hydrogen (secondary N) is 2. The second-order valence-electron chi connectivity index (χ2n) is 6.75. The second-order valence-corrected chi connectivity index (χ2v) is 6.75. The van der Waals surface area contributed by atoms with Gasteiger partial charge in [0.15, 0.2) is 0 Å². The summed E-state index contributed by atoms with van der Waals surface area (Å²) < 4.78 is 19.3. The average molecular weight is 393 g/mol. The lowest BCUT2D eigenvalue weighted by Gasteiger charge is -2.29. The van der Waals surface area contributed by atoms with Gasteiger partial charge in [-0.25, -0.2) is 4.39 Å². The molecule has 1 aromatic heterocycles. The van der Waals surface area contributed by atoms with Crippen LogP contribution in [-0.4, -0.2) is 24.9 Å². The van der Waals surface area contributed by atoms with Crippen molar-refractivity contribution in [2.75, 3.05) is 23.3 Å². The summed E-state index contributed by atoms with van der Waals surface area (Å²) in [6.07, 6.45) is 2.48. The molecule has 2 aromatic carbocycles. The highest BCUT2D eigenvalue weighted by atomic mass is 19.1. The van der Waals surface area contributed by atoms with Gasteiger partial charge in [-0.15, -0.1) is 0 Å². The van der Waals surface area contributed by atoms with Crippen LogP contribution in [0.25, 0.3) is 0 Å². The topological polar surface area (TPSA) is 74.6 Å². The van der Waals surface area contributed by atoms with Crippen LogP contribution in [0.5, 0.6) is 0 Å². The molecule has 4 rings (SSSR count). The Morgan fingerprint density at radius 3 is 2.62 bits per heavy atom. The van der Waals surface area contributed by atoms with E-state index in [4.69, 9.17) is 4.42 Å². The van der Waals surface area contributed by atoms with Gasteiger partial charge in [-0.1, -0.05) is 30.3 Å². The van der Waals surface area contributed by atoms with E-state index in [-0.39, 0.29) is 18.3 Å². The van der Waals surface area contributed by atoms with Gasteiger partial charge < -0.3 is 20.0 Å². The summed E-state index contributed by atoms with van der Waals surface area (Å²) in [6.45, 7) is 0.952. The minimum absolute atomic E-state index is 0.0382. The number of amides is 2. The van der Waals surface area contributed by atoms with Gasteiger partial charge in [-0.3, -0.25) is 9.59 Å². The molecule has 6 nitrogen and oxygen atoms in total. The van der Waals surface area contributed by atoms with Crippen molar-refractivity contribution in [3.8, 4) is 0 Å². The standard InChI is InChI=1S/C22H20FN3O3/c23-16-7-2-3-8-17(16)25-22(28)21(27)24-14-19(20-10-5-13-29-20)26-12-11-15-6-1-4-9-18(15)26/h1-10,13,19H,11-12,14H2,(H,24,27)(H,25,28)/t19-/m1/s1. The smallest absolute Gasteiger partial charge is 0.313 e. The molecule has 1 aliphatic heterocycles. The van der Waals surface area contributed by atoms with E-state index in [1.807, 2.05) is 24.3 Å². The van der Waals surface area contributed by atoms with E-state index < -0.39 is 17.6 Å². The molecule has 0 fully saturated rings. The predicted octanol–water partition coefficient (Wildman–Crippen LogP) is 3.28. The first kappa shape index (κ1) is 18.7. The van der Waals surface area contributed by atoms with E-state index >= 15 is 0 Å². The van der Waals surface area contributed by atoms with Crippen LogP contribution < -0.4 is 15.5 Å². The monoisotopic (exact) mass is 393 g/mol. The fourth-order valence-electron chi connectivity index (χ4n) is 3.54. The van der Waals surface area contributed by atoms with Crippen molar-refractivity contribution in [1.82, 2.24) is 5.32 Å². The highest BCUT2D eigenvalue weighted by Crippen LogP contribution is 2.34.